The van der Waals surface area contributed by atoms with E-state index in [1.54, 1.807) is 7.11 Å². The van der Waals surface area contributed by atoms with Gasteiger partial charge in [-0.2, -0.15) is 0 Å². The van der Waals surface area contributed by atoms with E-state index < -0.39 is 0 Å². The molecule has 1 aliphatic carbocycles. The Balaban J connectivity index is 2.09. The van der Waals surface area contributed by atoms with E-state index >= 15 is 0 Å². The fraction of sp³-hybridized carbons (Fsp3) is 0.333. The molecule has 2 heteroatoms. The first-order valence-electron chi connectivity index (χ1n) is 7.17. The summed E-state index contributed by atoms with van der Waals surface area (Å²) in [4.78, 5) is 0. The van der Waals surface area contributed by atoms with E-state index in [1.165, 1.54) is 24.0 Å². The molecule has 3 rings (SSSR count). The summed E-state index contributed by atoms with van der Waals surface area (Å²) in [6, 6.07) is 17.1. The van der Waals surface area contributed by atoms with Gasteiger partial charge in [0.2, 0.25) is 0 Å². The minimum atomic E-state index is 0.176. The number of hydrogen-bond donors (Lipinski definition) is 1. The lowest BCUT2D eigenvalue weighted by Gasteiger charge is -2.22. The Labute approximate surface area is 120 Å². The van der Waals surface area contributed by atoms with E-state index in [0.29, 0.717) is 0 Å². The number of rotatable bonds is 4. The van der Waals surface area contributed by atoms with E-state index in [9.17, 15) is 0 Å². The molecule has 0 amide bonds. The predicted octanol–water partition coefficient (Wildman–Crippen LogP) is 3.74. The summed E-state index contributed by atoms with van der Waals surface area (Å²) in [7, 11) is 1.72. The van der Waals surface area contributed by atoms with Crippen molar-refractivity contribution in [3.05, 3.63) is 54.1 Å². The molecule has 0 radical (unpaired) electrons. The van der Waals surface area contributed by atoms with Gasteiger partial charge >= 0.3 is 0 Å². The first-order valence-corrected chi connectivity index (χ1v) is 7.17. The van der Waals surface area contributed by atoms with Crippen molar-refractivity contribution in [1.82, 2.24) is 0 Å². The average Bonchev–Trinajstić information content (AvgIpc) is 3.29. The van der Waals surface area contributed by atoms with Crippen LogP contribution in [0.4, 0.5) is 0 Å². The highest BCUT2D eigenvalue weighted by atomic mass is 16.5. The molecule has 0 saturated heterocycles. The van der Waals surface area contributed by atoms with Crippen molar-refractivity contribution in [3.8, 4) is 16.9 Å². The van der Waals surface area contributed by atoms with Crippen molar-refractivity contribution in [2.75, 3.05) is 7.11 Å². The predicted molar refractivity (Wildman–Crippen MR) is 83.0 cm³/mol. The normalized spacial score (nSPS) is 17.6. The van der Waals surface area contributed by atoms with Gasteiger partial charge in [0.1, 0.15) is 5.75 Å². The van der Waals surface area contributed by atoms with Crippen LogP contribution in [0.5, 0.6) is 5.75 Å². The van der Waals surface area contributed by atoms with Gasteiger partial charge in [-0.3, -0.25) is 0 Å². The molecule has 0 heterocycles. The lowest BCUT2D eigenvalue weighted by molar-refractivity contribution is 0.416. The Kier molecular flexibility index (Phi) is 3.27. The largest absolute Gasteiger partial charge is 0.496 e. The molecule has 0 bridgehead atoms. The zero-order valence-corrected chi connectivity index (χ0v) is 12.1. The first kappa shape index (κ1) is 13.2. The molecule has 1 unspecified atom stereocenters. The molecule has 20 heavy (non-hydrogen) atoms. The molecule has 1 saturated carbocycles. The zero-order chi connectivity index (χ0) is 14.2. The van der Waals surface area contributed by atoms with Crippen molar-refractivity contribution < 1.29 is 4.74 Å². The van der Waals surface area contributed by atoms with E-state index in [0.717, 1.165) is 11.3 Å². The minimum Gasteiger partial charge on any atom is -0.496 e. The standard InChI is InChI=1S/C18H21NO/c1-13(19)18(10-11-18)15-8-9-17(20-2)16(12-15)14-6-4-3-5-7-14/h3-9,12-13H,10-11,19H2,1-2H3. The molecule has 0 aromatic heterocycles. The smallest absolute Gasteiger partial charge is 0.126 e. The second-order valence-electron chi connectivity index (χ2n) is 5.73. The Hall–Kier alpha value is -1.80. The van der Waals surface area contributed by atoms with Crippen LogP contribution in [-0.4, -0.2) is 13.2 Å². The highest BCUT2D eigenvalue weighted by Gasteiger charge is 2.47. The van der Waals surface area contributed by atoms with Crippen LogP contribution < -0.4 is 10.5 Å². The number of nitrogens with two attached hydrogens (primary N) is 1. The van der Waals surface area contributed by atoms with Crippen LogP contribution >= 0.6 is 0 Å². The van der Waals surface area contributed by atoms with Gasteiger partial charge in [-0.25, -0.2) is 0 Å². The zero-order valence-electron chi connectivity index (χ0n) is 12.1. The summed E-state index contributed by atoms with van der Waals surface area (Å²) >= 11 is 0. The summed E-state index contributed by atoms with van der Waals surface area (Å²) in [5.74, 6) is 0.917. The Morgan fingerprint density at radius 2 is 1.80 bits per heavy atom. The maximum absolute atomic E-state index is 6.19. The third-order valence-corrected chi connectivity index (χ3v) is 4.52. The van der Waals surface area contributed by atoms with Crippen molar-refractivity contribution in [2.45, 2.75) is 31.2 Å². The Morgan fingerprint density at radius 1 is 1.10 bits per heavy atom. The highest BCUT2D eigenvalue weighted by Crippen LogP contribution is 2.51. The molecule has 0 aliphatic heterocycles. The van der Waals surface area contributed by atoms with Crippen molar-refractivity contribution >= 4 is 0 Å². The molecule has 2 aromatic rings. The van der Waals surface area contributed by atoms with Crippen LogP contribution in [-0.2, 0) is 5.41 Å². The van der Waals surface area contributed by atoms with Crippen LogP contribution in [0.15, 0.2) is 48.5 Å². The highest BCUT2D eigenvalue weighted by molar-refractivity contribution is 5.71. The van der Waals surface area contributed by atoms with E-state index in [1.807, 2.05) is 6.07 Å². The molecule has 1 atom stereocenters. The first-order chi connectivity index (χ1) is 9.67. The maximum atomic E-state index is 6.19. The molecule has 1 fully saturated rings. The number of methoxy groups -OCH3 is 1. The van der Waals surface area contributed by atoms with Crippen LogP contribution in [0.3, 0.4) is 0 Å². The summed E-state index contributed by atoms with van der Waals surface area (Å²) in [6.45, 7) is 2.11. The molecule has 104 valence electrons. The van der Waals surface area contributed by atoms with Gasteiger partial charge in [0.05, 0.1) is 7.11 Å². The Bertz CT molecular complexity index is 600. The third-order valence-electron chi connectivity index (χ3n) is 4.52. The SMILES string of the molecule is COc1ccc(C2(C(C)N)CC2)cc1-c1ccccc1. The van der Waals surface area contributed by atoms with Gasteiger partial charge in [-0.15, -0.1) is 0 Å². The average molecular weight is 267 g/mol. The summed E-state index contributed by atoms with van der Waals surface area (Å²) in [6.07, 6.45) is 2.37. The second kappa shape index (κ2) is 4.95. The van der Waals surface area contributed by atoms with Gasteiger partial charge < -0.3 is 10.5 Å². The molecule has 0 spiro atoms. The van der Waals surface area contributed by atoms with Gasteiger partial charge in [-0.1, -0.05) is 36.4 Å². The van der Waals surface area contributed by atoms with Gasteiger partial charge in [0, 0.05) is 17.0 Å². The lowest BCUT2D eigenvalue weighted by atomic mass is 9.87. The number of ether oxygens (including phenoxy) is 1. The van der Waals surface area contributed by atoms with Gasteiger partial charge in [-0.05, 0) is 43.0 Å². The molecule has 1 aliphatic rings. The number of benzene rings is 2. The Morgan fingerprint density at radius 3 is 2.35 bits per heavy atom. The number of hydrogen-bond acceptors (Lipinski definition) is 2. The monoisotopic (exact) mass is 267 g/mol. The topological polar surface area (TPSA) is 35.2 Å². The molecule has 2 N–H and O–H groups in total. The molecular weight excluding hydrogens is 246 g/mol. The minimum absolute atomic E-state index is 0.176. The second-order valence-corrected chi connectivity index (χ2v) is 5.73. The fourth-order valence-corrected chi connectivity index (χ4v) is 3.00. The van der Waals surface area contributed by atoms with Crippen LogP contribution in [0.2, 0.25) is 0 Å². The quantitative estimate of drug-likeness (QED) is 0.916. The maximum Gasteiger partial charge on any atom is 0.126 e. The van der Waals surface area contributed by atoms with Gasteiger partial charge in [0.25, 0.3) is 0 Å². The molecular formula is C18H21NO. The van der Waals surface area contributed by atoms with Gasteiger partial charge in [0.15, 0.2) is 0 Å². The summed E-state index contributed by atoms with van der Waals surface area (Å²) in [5.41, 5.74) is 10.0. The summed E-state index contributed by atoms with van der Waals surface area (Å²) < 4.78 is 5.52. The molecule has 2 aromatic carbocycles. The van der Waals surface area contributed by atoms with E-state index in [2.05, 4.69) is 49.4 Å². The van der Waals surface area contributed by atoms with Crippen molar-refractivity contribution in [1.29, 1.82) is 0 Å². The van der Waals surface area contributed by atoms with Crippen molar-refractivity contribution in [3.63, 3.8) is 0 Å². The van der Waals surface area contributed by atoms with Crippen LogP contribution in [0, 0.1) is 0 Å². The third kappa shape index (κ3) is 2.10. The lowest BCUT2D eigenvalue weighted by Crippen LogP contribution is -2.31. The van der Waals surface area contributed by atoms with Crippen molar-refractivity contribution in [2.24, 2.45) is 5.73 Å². The van der Waals surface area contributed by atoms with E-state index in [4.69, 9.17) is 10.5 Å². The molecule has 2 nitrogen and oxygen atoms in total. The van der Waals surface area contributed by atoms with Crippen LogP contribution in [0.1, 0.15) is 25.3 Å². The summed E-state index contributed by atoms with van der Waals surface area (Å²) in [5, 5.41) is 0. The van der Waals surface area contributed by atoms with E-state index in [-0.39, 0.29) is 11.5 Å². The van der Waals surface area contributed by atoms with Crippen LogP contribution in [0.25, 0.3) is 11.1 Å². The fourth-order valence-electron chi connectivity index (χ4n) is 3.00.